The Morgan fingerprint density at radius 2 is 2.00 bits per heavy atom. The Balaban J connectivity index is 2.02. The molecule has 0 aliphatic heterocycles. The smallest absolute Gasteiger partial charge is 0.122 e. The zero-order valence-electron chi connectivity index (χ0n) is 11.1. The number of hydrogen-bond donors (Lipinski definition) is 1. The maximum absolute atomic E-state index is 6.15. The second-order valence-corrected chi connectivity index (χ2v) is 5.29. The van der Waals surface area contributed by atoms with E-state index in [1.807, 2.05) is 0 Å². The fraction of sp³-hybridized carbons (Fsp3) is 0.600. The summed E-state index contributed by atoms with van der Waals surface area (Å²) in [5.74, 6) is 1.78. The van der Waals surface area contributed by atoms with Crippen LogP contribution in [0.1, 0.15) is 36.0 Å². The molecule has 2 nitrogen and oxygen atoms in total. The standard InChI is InChI=1S/C15H23NO/c1-10-9-15(17-3)11(2)8-13(10)6-7-14(16)12-4-5-12/h8-9,12,14H,4-7,16H2,1-3H3. The third-order valence-electron chi connectivity index (χ3n) is 3.83. The molecule has 1 aromatic carbocycles. The van der Waals surface area contributed by atoms with Crippen molar-refractivity contribution in [2.24, 2.45) is 11.7 Å². The van der Waals surface area contributed by atoms with Gasteiger partial charge in [-0.05, 0) is 68.2 Å². The number of benzene rings is 1. The van der Waals surface area contributed by atoms with Crippen LogP contribution in [-0.2, 0) is 6.42 Å². The number of nitrogens with two attached hydrogens (primary N) is 1. The first-order valence-electron chi connectivity index (χ1n) is 6.51. The van der Waals surface area contributed by atoms with Gasteiger partial charge in [0, 0.05) is 6.04 Å². The molecule has 1 aliphatic rings. The lowest BCUT2D eigenvalue weighted by Crippen LogP contribution is -2.23. The quantitative estimate of drug-likeness (QED) is 0.848. The van der Waals surface area contributed by atoms with Gasteiger partial charge in [-0.1, -0.05) is 6.07 Å². The Morgan fingerprint density at radius 3 is 2.59 bits per heavy atom. The molecule has 0 saturated heterocycles. The van der Waals surface area contributed by atoms with Crippen LogP contribution in [0.3, 0.4) is 0 Å². The van der Waals surface area contributed by atoms with Gasteiger partial charge in [-0.15, -0.1) is 0 Å². The van der Waals surface area contributed by atoms with Gasteiger partial charge in [-0.25, -0.2) is 0 Å². The lowest BCUT2D eigenvalue weighted by molar-refractivity contribution is 0.411. The Morgan fingerprint density at radius 1 is 1.29 bits per heavy atom. The Hall–Kier alpha value is -1.02. The zero-order chi connectivity index (χ0) is 12.4. The van der Waals surface area contributed by atoms with Crippen molar-refractivity contribution in [2.45, 2.75) is 45.6 Å². The molecule has 2 heteroatoms. The molecule has 1 unspecified atom stereocenters. The van der Waals surface area contributed by atoms with Crippen LogP contribution in [0.2, 0.25) is 0 Å². The van der Waals surface area contributed by atoms with E-state index in [0.29, 0.717) is 6.04 Å². The van der Waals surface area contributed by atoms with Crippen LogP contribution >= 0.6 is 0 Å². The summed E-state index contributed by atoms with van der Waals surface area (Å²) >= 11 is 0. The minimum absolute atomic E-state index is 0.400. The van der Waals surface area contributed by atoms with Crippen molar-refractivity contribution >= 4 is 0 Å². The molecule has 1 fully saturated rings. The highest BCUT2D eigenvalue weighted by molar-refractivity contribution is 5.41. The van der Waals surface area contributed by atoms with E-state index in [0.717, 1.165) is 24.5 Å². The molecule has 0 aromatic heterocycles. The summed E-state index contributed by atoms with van der Waals surface area (Å²) in [5.41, 5.74) is 10.1. The van der Waals surface area contributed by atoms with Crippen molar-refractivity contribution in [1.82, 2.24) is 0 Å². The van der Waals surface area contributed by atoms with Crippen molar-refractivity contribution < 1.29 is 4.74 Å². The molecule has 1 saturated carbocycles. The lowest BCUT2D eigenvalue weighted by atomic mass is 9.97. The van der Waals surface area contributed by atoms with Gasteiger partial charge in [-0.2, -0.15) is 0 Å². The molecule has 94 valence electrons. The van der Waals surface area contributed by atoms with Gasteiger partial charge in [0.05, 0.1) is 7.11 Å². The van der Waals surface area contributed by atoms with Gasteiger partial charge in [0.2, 0.25) is 0 Å². The molecule has 17 heavy (non-hydrogen) atoms. The average Bonchev–Trinajstić information content (AvgIpc) is 3.13. The van der Waals surface area contributed by atoms with Gasteiger partial charge < -0.3 is 10.5 Å². The highest BCUT2D eigenvalue weighted by Gasteiger charge is 2.27. The molecule has 0 amide bonds. The number of hydrogen-bond acceptors (Lipinski definition) is 2. The molecule has 0 radical (unpaired) electrons. The Labute approximate surface area is 104 Å². The topological polar surface area (TPSA) is 35.2 Å². The fourth-order valence-corrected chi connectivity index (χ4v) is 2.42. The first-order valence-corrected chi connectivity index (χ1v) is 6.51. The van der Waals surface area contributed by atoms with Crippen LogP contribution in [0.25, 0.3) is 0 Å². The molecular weight excluding hydrogens is 210 g/mol. The molecule has 1 aromatic rings. The summed E-state index contributed by atoms with van der Waals surface area (Å²) in [6.45, 7) is 4.25. The number of aryl methyl sites for hydroxylation is 3. The summed E-state index contributed by atoms with van der Waals surface area (Å²) in [4.78, 5) is 0. The highest BCUT2D eigenvalue weighted by atomic mass is 16.5. The van der Waals surface area contributed by atoms with E-state index < -0.39 is 0 Å². The van der Waals surface area contributed by atoms with Crippen LogP contribution in [0.15, 0.2) is 12.1 Å². The van der Waals surface area contributed by atoms with Crippen LogP contribution < -0.4 is 10.5 Å². The van der Waals surface area contributed by atoms with Crippen molar-refractivity contribution in [3.8, 4) is 5.75 Å². The van der Waals surface area contributed by atoms with Crippen LogP contribution in [-0.4, -0.2) is 13.2 Å². The zero-order valence-corrected chi connectivity index (χ0v) is 11.1. The second-order valence-electron chi connectivity index (χ2n) is 5.29. The normalized spacial score (nSPS) is 16.9. The third kappa shape index (κ3) is 3.01. The maximum atomic E-state index is 6.15. The van der Waals surface area contributed by atoms with Crippen molar-refractivity contribution in [3.63, 3.8) is 0 Å². The number of ether oxygens (including phenoxy) is 1. The van der Waals surface area contributed by atoms with Gasteiger partial charge in [-0.3, -0.25) is 0 Å². The number of rotatable bonds is 5. The summed E-state index contributed by atoms with van der Waals surface area (Å²) in [6.07, 6.45) is 4.87. The number of methoxy groups -OCH3 is 1. The summed E-state index contributed by atoms with van der Waals surface area (Å²) in [6, 6.07) is 4.78. The second kappa shape index (κ2) is 5.09. The monoisotopic (exact) mass is 233 g/mol. The summed E-state index contributed by atoms with van der Waals surface area (Å²) < 4.78 is 5.33. The molecule has 0 heterocycles. The van der Waals surface area contributed by atoms with E-state index in [9.17, 15) is 0 Å². The Bertz CT molecular complexity index is 396. The first kappa shape index (κ1) is 12.4. The predicted octanol–water partition coefficient (Wildman–Crippen LogP) is 2.98. The summed E-state index contributed by atoms with van der Waals surface area (Å²) in [5, 5.41) is 0. The van der Waals surface area contributed by atoms with E-state index in [-0.39, 0.29) is 0 Å². The molecule has 1 aliphatic carbocycles. The third-order valence-corrected chi connectivity index (χ3v) is 3.83. The lowest BCUT2D eigenvalue weighted by Gasteiger charge is -2.14. The first-order chi connectivity index (χ1) is 8.11. The van der Waals surface area contributed by atoms with E-state index in [2.05, 4.69) is 26.0 Å². The molecule has 1 atom stereocenters. The molecule has 0 spiro atoms. The highest BCUT2D eigenvalue weighted by Crippen LogP contribution is 2.33. The van der Waals surface area contributed by atoms with Gasteiger partial charge >= 0.3 is 0 Å². The average molecular weight is 233 g/mol. The minimum atomic E-state index is 0.400. The fourth-order valence-electron chi connectivity index (χ4n) is 2.42. The van der Waals surface area contributed by atoms with E-state index in [1.54, 1.807) is 7.11 Å². The van der Waals surface area contributed by atoms with E-state index in [1.165, 1.54) is 29.5 Å². The maximum Gasteiger partial charge on any atom is 0.122 e. The summed E-state index contributed by atoms with van der Waals surface area (Å²) in [7, 11) is 1.73. The van der Waals surface area contributed by atoms with E-state index in [4.69, 9.17) is 10.5 Å². The SMILES string of the molecule is COc1cc(C)c(CCC(N)C2CC2)cc1C. The van der Waals surface area contributed by atoms with Crippen molar-refractivity contribution in [3.05, 3.63) is 28.8 Å². The van der Waals surface area contributed by atoms with Gasteiger partial charge in [0.25, 0.3) is 0 Å². The van der Waals surface area contributed by atoms with Crippen LogP contribution in [0, 0.1) is 19.8 Å². The van der Waals surface area contributed by atoms with Gasteiger partial charge in [0.15, 0.2) is 0 Å². The van der Waals surface area contributed by atoms with Crippen LogP contribution in [0.5, 0.6) is 5.75 Å². The Kier molecular flexibility index (Phi) is 3.72. The van der Waals surface area contributed by atoms with Crippen molar-refractivity contribution in [1.29, 1.82) is 0 Å². The van der Waals surface area contributed by atoms with Gasteiger partial charge in [0.1, 0.15) is 5.75 Å². The predicted molar refractivity (Wildman–Crippen MR) is 71.5 cm³/mol. The largest absolute Gasteiger partial charge is 0.496 e. The molecule has 2 N–H and O–H groups in total. The van der Waals surface area contributed by atoms with E-state index >= 15 is 0 Å². The molecule has 0 bridgehead atoms. The van der Waals surface area contributed by atoms with Crippen LogP contribution in [0.4, 0.5) is 0 Å². The minimum Gasteiger partial charge on any atom is -0.496 e. The molecular formula is C15H23NO. The van der Waals surface area contributed by atoms with Crippen molar-refractivity contribution in [2.75, 3.05) is 7.11 Å². The molecule has 2 rings (SSSR count).